The van der Waals surface area contributed by atoms with Gasteiger partial charge in [0, 0.05) is 42.8 Å². The molecule has 1 saturated heterocycles. The minimum atomic E-state index is 0.0635. The van der Waals surface area contributed by atoms with Crippen molar-refractivity contribution < 1.29 is 4.79 Å². The first-order valence-corrected chi connectivity index (χ1v) is 9.55. The molecule has 1 N–H and O–H groups in total. The highest BCUT2D eigenvalue weighted by atomic mass is 32.1. The van der Waals surface area contributed by atoms with Crippen LogP contribution in [0.2, 0.25) is 0 Å². The van der Waals surface area contributed by atoms with Crippen molar-refractivity contribution in [2.75, 3.05) is 13.1 Å². The molecule has 6 nitrogen and oxygen atoms in total. The Hall–Kier alpha value is -1.89. The average molecular weight is 347 g/mol. The van der Waals surface area contributed by atoms with Crippen molar-refractivity contribution in [3.05, 3.63) is 34.8 Å². The van der Waals surface area contributed by atoms with Gasteiger partial charge in [-0.2, -0.15) is 0 Å². The SMILES string of the molecule is CCC(C)NC(=O)N1CCC(c2nccn2Cc2cscn2)CC1. The second kappa shape index (κ2) is 7.79. The van der Waals surface area contributed by atoms with Gasteiger partial charge in [0.2, 0.25) is 0 Å². The van der Waals surface area contributed by atoms with Crippen LogP contribution in [0.5, 0.6) is 0 Å². The van der Waals surface area contributed by atoms with Gasteiger partial charge in [0.25, 0.3) is 0 Å². The molecule has 0 aliphatic carbocycles. The van der Waals surface area contributed by atoms with Gasteiger partial charge in [0.05, 0.1) is 17.7 Å². The first-order chi connectivity index (χ1) is 11.7. The molecule has 0 radical (unpaired) electrons. The van der Waals surface area contributed by atoms with Crippen molar-refractivity contribution in [1.29, 1.82) is 0 Å². The van der Waals surface area contributed by atoms with Gasteiger partial charge in [-0.25, -0.2) is 14.8 Å². The molecule has 2 aromatic rings. The molecule has 1 fully saturated rings. The summed E-state index contributed by atoms with van der Waals surface area (Å²) in [6, 6.07) is 0.292. The number of amides is 2. The second-order valence-electron chi connectivity index (χ2n) is 6.41. The van der Waals surface area contributed by atoms with Crippen LogP contribution < -0.4 is 5.32 Å². The normalized spacial score (nSPS) is 17.0. The molecule has 1 aliphatic heterocycles. The number of nitrogens with zero attached hydrogens (tertiary/aromatic N) is 4. The average Bonchev–Trinajstić information content (AvgIpc) is 3.27. The van der Waals surface area contributed by atoms with Crippen LogP contribution in [0.3, 0.4) is 0 Å². The van der Waals surface area contributed by atoms with Gasteiger partial charge < -0.3 is 14.8 Å². The lowest BCUT2D eigenvalue weighted by molar-refractivity contribution is 0.176. The lowest BCUT2D eigenvalue weighted by atomic mass is 9.96. The maximum atomic E-state index is 12.2. The number of rotatable bonds is 5. The number of imidazole rings is 1. The highest BCUT2D eigenvalue weighted by Gasteiger charge is 2.26. The Labute approximate surface area is 146 Å². The zero-order chi connectivity index (χ0) is 16.9. The van der Waals surface area contributed by atoms with E-state index in [1.807, 2.05) is 29.7 Å². The van der Waals surface area contributed by atoms with Crippen LogP contribution in [0.4, 0.5) is 4.79 Å². The molecule has 0 spiro atoms. The Morgan fingerprint density at radius 1 is 1.42 bits per heavy atom. The molecule has 0 aromatic carbocycles. The number of carbonyl (C=O) groups excluding carboxylic acids is 1. The maximum absolute atomic E-state index is 12.2. The molecular formula is C17H25N5OS. The third-order valence-electron chi connectivity index (χ3n) is 4.69. The van der Waals surface area contributed by atoms with Gasteiger partial charge in [-0.1, -0.05) is 6.92 Å². The fourth-order valence-electron chi connectivity index (χ4n) is 3.05. The summed E-state index contributed by atoms with van der Waals surface area (Å²) in [7, 11) is 0. The Kier molecular flexibility index (Phi) is 5.50. The fraction of sp³-hybridized carbons (Fsp3) is 0.588. The first-order valence-electron chi connectivity index (χ1n) is 8.61. The number of likely N-dealkylation sites (tertiary alicyclic amines) is 1. The Balaban J connectivity index is 1.57. The largest absolute Gasteiger partial charge is 0.336 e. The third kappa shape index (κ3) is 3.95. The Bertz CT molecular complexity index is 646. The summed E-state index contributed by atoms with van der Waals surface area (Å²) < 4.78 is 2.19. The number of thiazole rings is 1. The number of hydrogen-bond acceptors (Lipinski definition) is 4. The van der Waals surface area contributed by atoms with E-state index in [4.69, 9.17) is 0 Å². The number of hydrogen-bond donors (Lipinski definition) is 1. The summed E-state index contributed by atoms with van der Waals surface area (Å²) in [6.45, 7) is 6.47. The number of nitrogens with one attached hydrogen (secondary N) is 1. The summed E-state index contributed by atoms with van der Waals surface area (Å²) in [5.41, 5.74) is 2.94. The van der Waals surface area contributed by atoms with Crippen LogP contribution in [0.25, 0.3) is 0 Å². The summed E-state index contributed by atoms with van der Waals surface area (Å²) in [4.78, 5) is 23.1. The highest BCUT2D eigenvalue weighted by Crippen LogP contribution is 2.27. The zero-order valence-corrected chi connectivity index (χ0v) is 15.1. The van der Waals surface area contributed by atoms with Crippen molar-refractivity contribution in [3.8, 4) is 0 Å². The van der Waals surface area contributed by atoms with E-state index < -0.39 is 0 Å². The van der Waals surface area contributed by atoms with Crippen molar-refractivity contribution >= 4 is 17.4 Å². The summed E-state index contributed by atoms with van der Waals surface area (Å²) in [5.74, 6) is 1.52. The molecule has 3 heterocycles. The van der Waals surface area contributed by atoms with E-state index in [0.29, 0.717) is 5.92 Å². The minimum absolute atomic E-state index is 0.0635. The zero-order valence-electron chi connectivity index (χ0n) is 14.3. The number of carbonyl (C=O) groups is 1. The van der Waals surface area contributed by atoms with Crippen LogP contribution >= 0.6 is 11.3 Å². The molecule has 3 rings (SSSR count). The van der Waals surface area contributed by atoms with E-state index in [2.05, 4.69) is 32.2 Å². The van der Waals surface area contributed by atoms with E-state index in [1.165, 1.54) is 0 Å². The molecule has 130 valence electrons. The highest BCUT2D eigenvalue weighted by molar-refractivity contribution is 7.07. The molecule has 1 aliphatic rings. The van der Waals surface area contributed by atoms with Crippen molar-refractivity contribution in [2.45, 2.75) is 51.6 Å². The monoisotopic (exact) mass is 347 g/mol. The molecule has 0 saturated carbocycles. The van der Waals surface area contributed by atoms with Gasteiger partial charge in [-0.15, -0.1) is 11.3 Å². The van der Waals surface area contributed by atoms with Gasteiger partial charge in [0.15, 0.2) is 0 Å². The minimum Gasteiger partial charge on any atom is -0.336 e. The molecule has 1 unspecified atom stereocenters. The molecule has 1 atom stereocenters. The molecule has 2 aromatic heterocycles. The van der Waals surface area contributed by atoms with Crippen LogP contribution in [0.15, 0.2) is 23.3 Å². The smallest absolute Gasteiger partial charge is 0.317 e. The lowest BCUT2D eigenvalue weighted by Crippen LogP contribution is -2.46. The number of aromatic nitrogens is 3. The Morgan fingerprint density at radius 3 is 2.88 bits per heavy atom. The van der Waals surface area contributed by atoms with E-state index >= 15 is 0 Å². The Morgan fingerprint density at radius 2 is 2.21 bits per heavy atom. The summed E-state index contributed by atoms with van der Waals surface area (Å²) >= 11 is 1.62. The molecule has 24 heavy (non-hydrogen) atoms. The second-order valence-corrected chi connectivity index (χ2v) is 7.13. The molecule has 0 bridgehead atoms. The van der Waals surface area contributed by atoms with E-state index in [1.54, 1.807) is 11.3 Å². The molecular weight excluding hydrogens is 322 g/mol. The third-order valence-corrected chi connectivity index (χ3v) is 5.33. The summed E-state index contributed by atoms with van der Waals surface area (Å²) in [6.07, 6.45) is 6.76. The summed E-state index contributed by atoms with van der Waals surface area (Å²) in [5, 5.41) is 5.12. The van der Waals surface area contributed by atoms with E-state index in [-0.39, 0.29) is 12.1 Å². The number of urea groups is 1. The van der Waals surface area contributed by atoms with Crippen LogP contribution in [-0.2, 0) is 6.54 Å². The standard InChI is InChI=1S/C17H25N5OS/c1-3-13(2)20-17(23)21-7-4-14(5-8-21)16-18-6-9-22(16)10-15-11-24-12-19-15/h6,9,11-14H,3-5,7-8,10H2,1-2H3,(H,20,23). The topological polar surface area (TPSA) is 63.1 Å². The first kappa shape index (κ1) is 17.0. The van der Waals surface area contributed by atoms with Gasteiger partial charge in [-0.3, -0.25) is 0 Å². The van der Waals surface area contributed by atoms with Gasteiger partial charge in [0.1, 0.15) is 5.82 Å². The lowest BCUT2D eigenvalue weighted by Gasteiger charge is -2.32. The van der Waals surface area contributed by atoms with Crippen LogP contribution in [0.1, 0.15) is 50.5 Å². The van der Waals surface area contributed by atoms with E-state index in [9.17, 15) is 4.79 Å². The predicted molar refractivity (Wildman–Crippen MR) is 95.3 cm³/mol. The van der Waals surface area contributed by atoms with Crippen molar-refractivity contribution in [2.24, 2.45) is 0 Å². The molecule has 7 heteroatoms. The van der Waals surface area contributed by atoms with Crippen molar-refractivity contribution in [1.82, 2.24) is 24.8 Å². The van der Waals surface area contributed by atoms with Crippen LogP contribution in [0, 0.1) is 0 Å². The predicted octanol–water partition coefficient (Wildman–Crippen LogP) is 3.08. The molecule has 2 amide bonds. The van der Waals surface area contributed by atoms with Gasteiger partial charge in [-0.05, 0) is 26.2 Å². The van der Waals surface area contributed by atoms with Crippen molar-refractivity contribution in [3.63, 3.8) is 0 Å². The quantitative estimate of drug-likeness (QED) is 0.904. The number of piperidine rings is 1. The maximum Gasteiger partial charge on any atom is 0.317 e. The van der Waals surface area contributed by atoms with Crippen LogP contribution in [-0.4, -0.2) is 44.6 Å². The fourth-order valence-corrected chi connectivity index (χ4v) is 3.60. The van der Waals surface area contributed by atoms with Gasteiger partial charge >= 0.3 is 6.03 Å². The van der Waals surface area contributed by atoms with E-state index in [0.717, 1.165) is 50.4 Å².